The van der Waals surface area contributed by atoms with Crippen molar-refractivity contribution in [1.29, 1.82) is 0 Å². The number of nitrogens with zero attached hydrogens (tertiary/aromatic N) is 3. The number of hydrogen-bond acceptors (Lipinski definition) is 5. The highest BCUT2D eigenvalue weighted by Gasteiger charge is 2.20. The first kappa shape index (κ1) is 16.4. The molecule has 8 nitrogen and oxygen atoms in total. The first-order valence-electron chi connectivity index (χ1n) is 6.90. The summed E-state index contributed by atoms with van der Waals surface area (Å²) in [5, 5.41) is 17.4. The lowest BCUT2D eigenvalue weighted by Crippen LogP contribution is -2.22. The van der Waals surface area contributed by atoms with E-state index in [9.17, 15) is 19.3 Å². The Morgan fingerprint density at radius 1 is 1.48 bits per heavy atom. The number of carbonyl (C=O) groups excluding carboxylic acids is 1. The third kappa shape index (κ3) is 4.02. The Bertz CT molecular complexity index is 717. The fourth-order valence-electron chi connectivity index (χ4n) is 1.93. The summed E-state index contributed by atoms with van der Waals surface area (Å²) in [6.07, 6.45) is 2.37. The number of anilines is 1. The van der Waals surface area contributed by atoms with Gasteiger partial charge in [-0.05, 0) is 12.5 Å². The highest BCUT2D eigenvalue weighted by Crippen LogP contribution is 2.29. The Balaban J connectivity index is 2.02. The quantitative estimate of drug-likeness (QED) is 0.623. The smallest absolute Gasteiger partial charge is 0.314 e. The predicted molar refractivity (Wildman–Crippen MR) is 79.7 cm³/mol. The number of nitro groups is 1. The summed E-state index contributed by atoms with van der Waals surface area (Å²) in [6, 6.07) is 4.94. The fraction of sp³-hybridized carbons (Fsp3) is 0.286. The first-order valence-corrected chi connectivity index (χ1v) is 6.90. The van der Waals surface area contributed by atoms with Crippen molar-refractivity contribution < 1.29 is 18.8 Å². The zero-order chi connectivity index (χ0) is 16.8. The second-order valence-electron chi connectivity index (χ2n) is 4.62. The number of rotatable bonds is 7. The van der Waals surface area contributed by atoms with Crippen LogP contribution in [0.2, 0.25) is 0 Å². The van der Waals surface area contributed by atoms with Crippen LogP contribution in [0, 0.1) is 15.9 Å². The van der Waals surface area contributed by atoms with Crippen LogP contribution in [-0.2, 0) is 11.3 Å². The number of nitrogens with one attached hydrogen (secondary N) is 1. The molecular formula is C14H15FN4O4. The largest absolute Gasteiger partial charge is 0.475 e. The zero-order valence-electron chi connectivity index (χ0n) is 12.4. The number of halogens is 1. The Labute approximate surface area is 131 Å². The monoisotopic (exact) mass is 322 g/mol. The van der Waals surface area contributed by atoms with Crippen molar-refractivity contribution >= 4 is 17.4 Å². The lowest BCUT2D eigenvalue weighted by atomic mass is 10.3. The maximum Gasteiger partial charge on any atom is 0.314 e. The summed E-state index contributed by atoms with van der Waals surface area (Å²) in [5.41, 5.74) is -0.533. The molecule has 0 atom stereocenters. The first-order chi connectivity index (χ1) is 11.0. The molecule has 2 aromatic rings. The van der Waals surface area contributed by atoms with Crippen LogP contribution in [0.3, 0.4) is 0 Å². The molecule has 23 heavy (non-hydrogen) atoms. The Morgan fingerprint density at radius 2 is 2.26 bits per heavy atom. The van der Waals surface area contributed by atoms with Gasteiger partial charge < -0.3 is 10.1 Å². The van der Waals surface area contributed by atoms with Crippen molar-refractivity contribution in [3.05, 3.63) is 46.4 Å². The molecular weight excluding hydrogens is 307 g/mol. The molecule has 0 aliphatic carbocycles. The molecule has 0 bridgehead atoms. The van der Waals surface area contributed by atoms with Gasteiger partial charge in [-0.3, -0.25) is 14.9 Å². The second-order valence-corrected chi connectivity index (χ2v) is 4.62. The molecule has 0 aliphatic heterocycles. The van der Waals surface area contributed by atoms with Gasteiger partial charge in [-0.15, -0.1) is 0 Å². The minimum absolute atomic E-state index is 0.475. The zero-order valence-corrected chi connectivity index (χ0v) is 12.4. The van der Waals surface area contributed by atoms with Crippen molar-refractivity contribution in [2.75, 3.05) is 11.9 Å². The van der Waals surface area contributed by atoms with Gasteiger partial charge in [0.25, 0.3) is 5.91 Å². The molecule has 0 saturated carbocycles. The van der Waals surface area contributed by atoms with Crippen LogP contribution in [-0.4, -0.2) is 27.2 Å². The van der Waals surface area contributed by atoms with Crippen molar-refractivity contribution in [2.45, 2.75) is 19.9 Å². The summed E-state index contributed by atoms with van der Waals surface area (Å²) >= 11 is 0. The van der Waals surface area contributed by atoms with E-state index in [1.165, 1.54) is 12.3 Å². The van der Waals surface area contributed by atoms with E-state index >= 15 is 0 Å². The van der Waals surface area contributed by atoms with Gasteiger partial charge in [0.05, 0.1) is 11.1 Å². The van der Waals surface area contributed by atoms with Crippen molar-refractivity contribution in [3.63, 3.8) is 0 Å². The lowest BCUT2D eigenvalue weighted by molar-refractivity contribution is -0.386. The van der Waals surface area contributed by atoms with E-state index in [-0.39, 0.29) is 0 Å². The molecule has 0 unspecified atom stereocenters. The highest BCUT2D eigenvalue weighted by atomic mass is 19.1. The van der Waals surface area contributed by atoms with Crippen LogP contribution in [0.25, 0.3) is 0 Å². The van der Waals surface area contributed by atoms with Gasteiger partial charge >= 0.3 is 5.69 Å². The third-order valence-corrected chi connectivity index (χ3v) is 2.91. The van der Waals surface area contributed by atoms with Crippen LogP contribution in [0.5, 0.6) is 5.75 Å². The summed E-state index contributed by atoms with van der Waals surface area (Å²) in [5.74, 6) is -1.55. The summed E-state index contributed by atoms with van der Waals surface area (Å²) in [7, 11) is 0. The van der Waals surface area contributed by atoms with E-state index in [1.807, 2.05) is 6.92 Å². The Morgan fingerprint density at radius 3 is 2.96 bits per heavy atom. The molecule has 122 valence electrons. The van der Waals surface area contributed by atoms with Crippen molar-refractivity contribution in [3.8, 4) is 5.75 Å². The van der Waals surface area contributed by atoms with E-state index in [1.54, 1.807) is 10.7 Å². The van der Waals surface area contributed by atoms with Gasteiger partial charge in [-0.1, -0.05) is 13.0 Å². The number of aryl methyl sites for hydroxylation is 1. The molecule has 1 aromatic heterocycles. The maximum atomic E-state index is 13.6. The summed E-state index contributed by atoms with van der Waals surface area (Å²) in [6.45, 7) is 2.04. The molecule has 2 rings (SSSR count). The molecule has 1 N–H and O–H groups in total. The maximum absolute atomic E-state index is 13.6. The number of carbonyl (C=O) groups is 1. The van der Waals surface area contributed by atoms with E-state index in [0.717, 1.165) is 18.6 Å². The third-order valence-electron chi connectivity index (χ3n) is 2.91. The lowest BCUT2D eigenvalue weighted by Gasteiger charge is -2.09. The van der Waals surface area contributed by atoms with Crippen LogP contribution < -0.4 is 10.1 Å². The second kappa shape index (κ2) is 7.34. The Hall–Kier alpha value is -2.97. The number of ether oxygens (including phenoxy) is 1. The van der Waals surface area contributed by atoms with Crippen LogP contribution in [0.1, 0.15) is 13.3 Å². The van der Waals surface area contributed by atoms with Crippen molar-refractivity contribution in [2.24, 2.45) is 0 Å². The highest BCUT2D eigenvalue weighted by molar-refractivity contribution is 5.91. The number of amides is 1. The SMILES string of the molecule is CCCn1nccc1NC(=O)COc1c(F)cccc1[N+](=O)[O-]. The van der Waals surface area contributed by atoms with Crippen molar-refractivity contribution in [1.82, 2.24) is 9.78 Å². The van der Waals surface area contributed by atoms with Gasteiger partial charge in [-0.2, -0.15) is 5.10 Å². The molecule has 0 spiro atoms. The predicted octanol–water partition coefficient (Wildman–Crippen LogP) is 2.36. The molecule has 1 aromatic carbocycles. The van der Waals surface area contributed by atoms with Gasteiger partial charge in [-0.25, -0.2) is 9.07 Å². The number of benzene rings is 1. The summed E-state index contributed by atoms with van der Waals surface area (Å²) in [4.78, 5) is 21.9. The minimum Gasteiger partial charge on any atom is -0.475 e. The number of hydrogen-bond donors (Lipinski definition) is 1. The average Bonchev–Trinajstić information content (AvgIpc) is 2.93. The normalized spacial score (nSPS) is 10.3. The molecule has 0 radical (unpaired) electrons. The Kier molecular flexibility index (Phi) is 5.23. The number of aromatic nitrogens is 2. The van der Waals surface area contributed by atoms with Gasteiger partial charge in [0, 0.05) is 18.7 Å². The van der Waals surface area contributed by atoms with E-state index < -0.39 is 34.7 Å². The molecule has 1 amide bonds. The summed E-state index contributed by atoms with van der Waals surface area (Å²) < 4.78 is 20.2. The van der Waals surface area contributed by atoms with Gasteiger partial charge in [0.1, 0.15) is 5.82 Å². The average molecular weight is 322 g/mol. The van der Waals surface area contributed by atoms with Crippen LogP contribution in [0.15, 0.2) is 30.5 Å². The van der Waals surface area contributed by atoms with E-state index in [0.29, 0.717) is 12.4 Å². The molecule has 1 heterocycles. The molecule has 0 fully saturated rings. The molecule has 9 heteroatoms. The minimum atomic E-state index is -0.900. The van der Waals surface area contributed by atoms with Crippen LogP contribution in [0.4, 0.5) is 15.9 Å². The van der Waals surface area contributed by atoms with Gasteiger partial charge in [0.2, 0.25) is 5.75 Å². The number of nitro benzene ring substituents is 1. The topological polar surface area (TPSA) is 99.3 Å². The number of para-hydroxylation sites is 1. The van der Waals surface area contributed by atoms with E-state index in [4.69, 9.17) is 4.74 Å². The fourth-order valence-corrected chi connectivity index (χ4v) is 1.93. The van der Waals surface area contributed by atoms with E-state index in [2.05, 4.69) is 10.4 Å². The molecule has 0 aliphatic rings. The molecule has 0 saturated heterocycles. The van der Waals surface area contributed by atoms with Gasteiger partial charge in [0.15, 0.2) is 12.4 Å². The standard InChI is InChI=1S/C14H15FN4O4/c1-2-8-18-12(6-7-16-18)17-13(20)9-23-14-10(15)4-3-5-11(14)19(21)22/h3-7H,2,8-9H2,1H3,(H,17,20). The van der Waals surface area contributed by atoms with Crippen LogP contribution >= 0.6 is 0 Å².